The molecule has 1 N–H and O–H groups in total. The van der Waals surface area contributed by atoms with E-state index in [9.17, 15) is 0 Å². The molecule has 1 atom stereocenters. The molecule has 1 heterocycles. The monoisotopic (exact) mass is 220 g/mol. The van der Waals surface area contributed by atoms with Gasteiger partial charge in [-0.25, -0.2) is 0 Å². The first-order chi connectivity index (χ1) is 7.29. The van der Waals surface area contributed by atoms with Gasteiger partial charge < -0.3 is 5.32 Å². The molecule has 0 aliphatic heterocycles. The number of rotatable bonds is 5. The molecule has 0 bridgehead atoms. The molecule has 1 unspecified atom stereocenters. The minimum Gasteiger partial charge on any atom is -0.312 e. The summed E-state index contributed by atoms with van der Waals surface area (Å²) in [4.78, 5) is 2.07. The molecule has 2 rings (SSSR count). The number of nitrogens with zero attached hydrogens (tertiary/aromatic N) is 1. The van der Waals surface area contributed by atoms with Crippen LogP contribution in [0, 0.1) is 23.2 Å². The summed E-state index contributed by atoms with van der Waals surface area (Å²) in [5.41, 5.74) is 0. The normalized spacial score (nSPS) is 17.3. The molecule has 3 heteroatoms. The molecular formula is C12H16N2S. The van der Waals surface area contributed by atoms with E-state index >= 15 is 0 Å². The highest BCUT2D eigenvalue weighted by atomic mass is 32.1. The molecule has 1 aromatic rings. The maximum atomic E-state index is 8.69. The van der Waals surface area contributed by atoms with Crippen LogP contribution >= 0.6 is 11.3 Å². The van der Waals surface area contributed by atoms with Crippen LogP contribution in [0.2, 0.25) is 0 Å². The van der Waals surface area contributed by atoms with Crippen molar-refractivity contribution in [2.75, 3.05) is 6.54 Å². The molecule has 0 spiro atoms. The SMILES string of the molecule is CC(CNCc1ccc(C#N)s1)C1CC1. The molecule has 0 amide bonds. The molecule has 15 heavy (non-hydrogen) atoms. The lowest BCUT2D eigenvalue weighted by Crippen LogP contribution is -2.21. The first kappa shape index (κ1) is 10.7. The van der Waals surface area contributed by atoms with Crippen molar-refractivity contribution in [1.29, 1.82) is 5.26 Å². The summed E-state index contributed by atoms with van der Waals surface area (Å²) in [6.45, 7) is 4.33. The van der Waals surface area contributed by atoms with Gasteiger partial charge in [0.05, 0.1) is 0 Å². The number of nitriles is 1. The Labute approximate surface area is 94.9 Å². The molecule has 80 valence electrons. The van der Waals surface area contributed by atoms with Gasteiger partial charge in [-0.05, 0) is 43.4 Å². The Kier molecular flexibility index (Phi) is 3.40. The van der Waals surface area contributed by atoms with E-state index in [4.69, 9.17) is 5.26 Å². The number of nitrogens with one attached hydrogen (secondary N) is 1. The summed E-state index contributed by atoms with van der Waals surface area (Å²) in [5.74, 6) is 1.77. The highest BCUT2D eigenvalue weighted by molar-refractivity contribution is 7.12. The predicted octanol–water partition coefficient (Wildman–Crippen LogP) is 2.76. The zero-order valence-electron chi connectivity index (χ0n) is 8.99. The van der Waals surface area contributed by atoms with E-state index in [1.165, 1.54) is 17.7 Å². The Hall–Kier alpha value is -0.850. The summed E-state index contributed by atoms with van der Waals surface area (Å²) < 4.78 is 0. The van der Waals surface area contributed by atoms with Crippen LogP contribution in [0.5, 0.6) is 0 Å². The molecule has 1 aromatic heterocycles. The summed E-state index contributed by atoms with van der Waals surface area (Å²) >= 11 is 1.58. The summed E-state index contributed by atoms with van der Waals surface area (Å²) in [6.07, 6.45) is 2.83. The first-order valence-electron chi connectivity index (χ1n) is 5.49. The third-order valence-corrected chi connectivity index (χ3v) is 3.95. The van der Waals surface area contributed by atoms with Crippen molar-refractivity contribution in [2.45, 2.75) is 26.3 Å². The highest BCUT2D eigenvalue weighted by Crippen LogP contribution is 2.36. The van der Waals surface area contributed by atoms with Gasteiger partial charge in [-0.1, -0.05) is 6.92 Å². The highest BCUT2D eigenvalue weighted by Gasteiger charge is 2.27. The second-order valence-electron chi connectivity index (χ2n) is 4.32. The van der Waals surface area contributed by atoms with Crippen LogP contribution in [0.4, 0.5) is 0 Å². The Bertz CT molecular complexity index is 360. The van der Waals surface area contributed by atoms with E-state index in [0.29, 0.717) is 0 Å². The molecule has 2 nitrogen and oxygen atoms in total. The third kappa shape index (κ3) is 3.05. The van der Waals surface area contributed by atoms with E-state index in [2.05, 4.69) is 18.3 Å². The van der Waals surface area contributed by atoms with Gasteiger partial charge in [0.15, 0.2) is 0 Å². The van der Waals surface area contributed by atoms with Crippen LogP contribution in [0.15, 0.2) is 12.1 Å². The van der Waals surface area contributed by atoms with Crippen LogP contribution < -0.4 is 5.32 Å². The van der Waals surface area contributed by atoms with Crippen LogP contribution in [0.1, 0.15) is 29.5 Å². The van der Waals surface area contributed by atoms with Crippen molar-refractivity contribution < 1.29 is 0 Å². The van der Waals surface area contributed by atoms with Crippen molar-refractivity contribution in [3.63, 3.8) is 0 Å². The first-order valence-corrected chi connectivity index (χ1v) is 6.31. The summed E-state index contributed by atoms with van der Waals surface area (Å²) in [6, 6.07) is 6.10. The topological polar surface area (TPSA) is 35.8 Å². The second-order valence-corrected chi connectivity index (χ2v) is 5.49. The van der Waals surface area contributed by atoms with Gasteiger partial charge in [0.1, 0.15) is 10.9 Å². The zero-order valence-corrected chi connectivity index (χ0v) is 9.81. The Morgan fingerprint density at radius 2 is 2.40 bits per heavy atom. The number of hydrogen-bond acceptors (Lipinski definition) is 3. The molecule has 1 saturated carbocycles. The summed E-state index contributed by atoms with van der Waals surface area (Å²) in [5, 5.41) is 12.1. The van der Waals surface area contributed by atoms with Gasteiger partial charge in [0.25, 0.3) is 0 Å². The van der Waals surface area contributed by atoms with Gasteiger partial charge in [-0.3, -0.25) is 0 Å². The van der Waals surface area contributed by atoms with Crippen molar-refractivity contribution in [3.8, 4) is 6.07 Å². The standard InChI is InChI=1S/C12H16N2S/c1-9(10-2-3-10)7-14-8-12-5-4-11(6-13)15-12/h4-5,9-10,14H,2-3,7-8H2,1H3. The molecule has 0 radical (unpaired) electrons. The fraction of sp³-hybridized carbons (Fsp3) is 0.583. The fourth-order valence-electron chi connectivity index (χ4n) is 1.79. The molecule has 1 aliphatic carbocycles. The van der Waals surface area contributed by atoms with Crippen LogP contribution in [0.3, 0.4) is 0 Å². The Balaban J connectivity index is 1.71. The van der Waals surface area contributed by atoms with Crippen LogP contribution in [0.25, 0.3) is 0 Å². The van der Waals surface area contributed by atoms with E-state index < -0.39 is 0 Å². The van der Waals surface area contributed by atoms with Crippen LogP contribution in [-0.2, 0) is 6.54 Å². The second kappa shape index (κ2) is 4.78. The quantitative estimate of drug-likeness (QED) is 0.828. The van der Waals surface area contributed by atoms with Crippen molar-refractivity contribution >= 4 is 11.3 Å². The fourth-order valence-corrected chi connectivity index (χ4v) is 2.56. The van der Waals surface area contributed by atoms with Gasteiger partial charge >= 0.3 is 0 Å². The smallest absolute Gasteiger partial charge is 0.110 e. The largest absolute Gasteiger partial charge is 0.312 e. The number of hydrogen-bond donors (Lipinski definition) is 1. The van der Waals surface area contributed by atoms with Gasteiger partial charge in [0.2, 0.25) is 0 Å². The minimum atomic E-state index is 0.806. The van der Waals surface area contributed by atoms with E-state index in [1.807, 2.05) is 12.1 Å². The van der Waals surface area contributed by atoms with Crippen LogP contribution in [-0.4, -0.2) is 6.54 Å². The molecular weight excluding hydrogens is 204 g/mol. The predicted molar refractivity (Wildman–Crippen MR) is 62.6 cm³/mol. The molecule has 1 aliphatic rings. The lowest BCUT2D eigenvalue weighted by atomic mass is 10.1. The number of thiophene rings is 1. The lowest BCUT2D eigenvalue weighted by molar-refractivity contribution is 0.463. The molecule has 0 aromatic carbocycles. The minimum absolute atomic E-state index is 0.806. The Morgan fingerprint density at radius 1 is 1.60 bits per heavy atom. The van der Waals surface area contributed by atoms with E-state index in [-0.39, 0.29) is 0 Å². The van der Waals surface area contributed by atoms with Gasteiger partial charge in [-0.15, -0.1) is 11.3 Å². The third-order valence-electron chi connectivity index (χ3n) is 2.96. The summed E-state index contributed by atoms with van der Waals surface area (Å²) in [7, 11) is 0. The zero-order chi connectivity index (χ0) is 10.7. The van der Waals surface area contributed by atoms with Crippen molar-refractivity contribution in [2.24, 2.45) is 11.8 Å². The van der Waals surface area contributed by atoms with Crippen molar-refractivity contribution in [3.05, 3.63) is 21.9 Å². The van der Waals surface area contributed by atoms with Gasteiger partial charge in [0, 0.05) is 11.4 Å². The van der Waals surface area contributed by atoms with E-state index in [0.717, 1.165) is 29.8 Å². The Morgan fingerprint density at radius 3 is 3.00 bits per heavy atom. The maximum Gasteiger partial charge on any atom is 0.110 e. The van der Waals surface area contributed by atoms with Crippen molar-refractivity contribution in [1.82, 2.24) is 5.32 Å². The maximum absolute atomic E-state index is 8.69. The van der Waals surface area contributed by atoms with Gasteiger partial charge in [-0.2, -0.15) is 5.26 Å². The average molecular weight is 220 g/mol. The molecule has 1 fully saturated rings. The average Bonchev–Trinajstić information content (AvgIpc) is 2.99. The van der Waals surface area contributed by atoms with E-state index in [1.54, 1.807) is 11.3 Å². The molecule has 0 saturated heterocycles. The lowest BCUT2D eigenvalue weighted by Gasteiger charge is -2.10.